The monoisotopic (exact) mass is 394 g/mol. The molecule has 1 amide bonds. The highest BCUT2D eigenvalue weighted by Crippen LogP contribution is 2.17. The van der Waals surface area contributed by atoms with Gasteiger partial charge in [0.15, 0.2) is 6.04 Å². The van der Waals surface area contributed by atoms with Crippen molar-refractivity contribution in [1.29, 1.82) is 0 Å². The molecule has 0 saturated heterocycles. The molecule has 0 radical (unpaired) electrons. The van der Waals surface area contributed by atoms with Crippen LogP contribution in [-0.2, 0) is 16.1 Å². The van der Waals surface area contributed by atoms with Crippen LogP contribution in [0.2, 0.25) is 0 Å². The molecule has 0 aliphatic carbocycles. The zero-order valence-corrected chi connectivity index (χ0v) is 16.1. The van der Waals surface area contributed by atoms with Gasteiger partial charge in [-0.2, -0.15) is 0 Å². The van der Waals surface area contributed by atoms with Crippen molar-refractivity contribution in [3.8, 4) is 11.3 Å². The Morgan fingerprint density at radius 2 is 1.83 bits per heavy atom. The molecular formula is C21H22N4O4. The van der Waals surface area contributed by atoms with Crippen molar-refractivity contribution in [2.45, 2.75) is 25.6 Å². The quantitative estimate of drug-likeness (QED) is 0.590. The smallest absolute Gasteiger partial charge is 0.331 e. The van der Waals surface area contributed by atoms with Gasteiger partial charge in [-0.1, -0.05) is 47.7 Å². The summed E-state index contributed by atoms with van der Waals surface area (Å²) >= 11 is 0. The van der Waals surface area contributed by atoms with E-state index in [1.54, 1.807) is 28.9 Å². The molecule has 2 aromatic carbocycles. The van der Waals surface area contributed by atoms with E-state index in [-0.39, 0.29) is 0 Å². The lowest BCUT2D eigenvalue weighted by Crippen LogP contribution is -2.48. The van der Waals surface area contributed by atoms with Gasteiger partial charge in [-0.3, -0.25) is 4.79 Å². The lowest BCUT2D eigenvalue weighted by Gasteiger charge is -2.18. The van der Waals surface area contributed by atoms with Crippen molar-refractivity contribution in [3.05, 3.63) is 71.9 Å². The van der Waals surface area contributed by atoms with E-state index >= 15 is 0 Å². The van der Waals surface area contributed by atoms with Gasteiger partial charge < -0.3 is 15.2 Å². The van der Waals surface area contributed by atoms with Gasteiger partial charge in [0, 0.05) is 11.1 Å². The minimum Gasteiger partial charge on any atom is -0.467 e. The lowest BCUT2D eigenvalue weighted by molar-refractivity contribution is -0.145. The van der Waals surface area contributed by atoms with Gasteiger partial charge in [-0.25, -0.2) is 9.48 Å². The van der Waals surface area contributed by atoms with Crippen molar-refractivity contribution >= 4 is 11.9 Å². The van der Waals surface area contributed by atoms with Crippen LogP contribution < -0.4 is 5.32 Å². The number of methoxy groups -OCH3 is 1. The first kappa shape index (κ1) is 20.2. The number of nitrogens with one attached hydrogen (secondary N) is 1. The number of benzene rings is 2. The van der Waals surface area contributed by atoms with Gasteiger partial charge in [0.2, 0.25) is 0 Å². The molecule has 0 saturated carbocycles. The van der Waals surface area contributed by atoms with Crippen molar-refractivity contribution in [3.63, 3.8) is 0 Å². The highest BCUT2D eigenvalue weighted by molar-refractivity contribution is 5.97. The summed E-state index contributed by atoms with van der Waals surface area (Å²) in [6.07, 6.45) is 0.758. The van der Waals surface area contributed by atoms with Crippen LogP contribution in [0.4, 0.5) is 0 Å². The van der Waals surface area contributed by atoms with Crippen molar-refractivity contribution in [2.75, 3.05) is 7.11 Å². The fraction of sp³-hybridized carbons (Fsp3) is 0.238. The Labute approximate surface area is 168 Å². The predicted octanol–water partition coefficient (Wildman–Crippen LogP) is 1.65. The molecule has 0 aliphatic heterocycles. The van der Waals surface area contributed by atoms with E-state index in [4.69, 9.17) is 0 Å². The first-order valence-electron chi connectivity index (χ1n) is 9.09. The van der Waals surface area contributed by atoms with E-state index in [1.165, 1.54) is 14.0 Å². The number of esters is 1. The third kappa shape index (κ3) is 5.05. The van der Waals surface area contributed by atoms with E-state index < -0.39 is 24.0 Å². The summed E-state index contributed by atoms with van der Waals surface area (Å²) < 4.78 is 6.35. The van der Waals surface area contributed by atoms with E-state index in [0.29, 0.717) is 17.8 Å². The number of rotatable bonds is 7. The van der Waals surface area contributed by atoms with E-state index in [0.717, 1.165) is 11.1 Å². The van der Waals surface area contributed by atoms with Gasteiger partial charge in [0.25, 0.3) is 5.91 Å². The van der Waals surface area contributed by atoms with Crippen LogP contribution in [0.15, 0.2) is 60.8 Å². The number of hydrogen-bond donors (Lipinski definition) is 2. The van der Waals surface area contributed by atoms with Crippen LogP contribution >= 0.6 is 0 Å². The fourth-order valence-electron chi connectivity index (χ4n) is 2.80. The maximum absolute atomic E-state index is 12.4. The Kier molecular flexibility index (Phi) is 6.36. The molecule has 0 aliphatic rings. The maximum Gasteiger partial charge on any atom is 0.331 e. The third-order valence-electron chi connectivity index (χ3n) is 4.39. The van der Waals surface area contributed by atoms with Crippen LogP contribution in [0.3, 0.4) is 0 Å². The number of carbonyl (C=O) groups excluding carboxylic acids is 2. The Hall–Kier alpha value is -3.52. The maximum atomic E-state index is 12.4. The molecule has 3 rings (SSSR count). The highest BCUT2D eigenvalue weighted by Gasteiger charge is 2.26. The summed E-state index contributed by atoms with van der Waals surface area (Å²) in [6, 6.07) is 15.6. The Balaban J connectivity index is 1.68. The number of carbonyl (C=O) groups is 2. The number of aliphatic hydroxyl groups is 1. The summed E-state index contributed by atoms with van der Waals surface area (Å²) in [5.74, 6) is -1.19. The normalized spacial score (nSPS) is 12.8. The van der Waals surface area contributed by atoms with Crippen LogP contribution in [0.25, 0.3) is 11.3 Å². The number of nitrogens with zero attached hydrogens (tertiary/aromatic N) is 3. The molecule has 2 atom stereocenters. The number of amides is 1. The molecule has 3 aromatic rings. The summed E-state index contributed by atoms with van der Waals surface area (Å²) in [7, 11) is 1.20. The SMILES string of the molecule is COC(=O)C(NC(=O)c1ccc(-c2cn(Cc3ccccc3)nn2)cc1)[C@@H](C)O. The zero-order valence-electron chi connectivity index (χ0n) is 16.1. The minimum absolute atomic E-state index is 0.347. The zero-order chi connectivity index (χ0) is 20.8. The molecule has 8 heteroatoms. The Morgan fingerprint density at radius 3 is 2.45 bits per heavy atom. The second kappa shape index (κ2) is 9.11. The topological polar surface area (TPSA) is 106 Å². The number of aromatic nitrogens is 3. The standard InChI is InChI=1S/C21H22N4O4/c1-14(26)19(21(28)29-2)22-20(27)17-10-8-16(9-11-17)18-13-25(24-23-18)12-15-6-4-3-5-7-15/h3-11,13-14,19,26H,12H2,1-2H3,(H,22,27)/t14-,19?/m1/s1. The molecule has 0 fully saturated rings. The minimum atomic E-state index is -1.13. The molecule has 8 nitrogen and oxygen atoms in total. The van der Waals surface area contributed by atoms with Crippen molar-refractivity contribution in [2.24, 2.45) is 0 Å². The molecule has 0 bridgehead atoms. The largest absolute Gasteiger partial charge is 0.467 e. The first-order chi connectivity index (χ1) is 14.0. The number of ether oxygens (including phenoxy) is 1. The molecule has 0 spiro atoms. The van der Waals surface area contributed by atoms with Gasteiger partial charge in [0.05, 0.1) is 26.0 Å². The Bertz CT molecular complexity index is 968. The molecule has 1 aromatic heterocycles. The van der Waals surface area contributed by atoms with Crippen LogP contribution in [0, 0.1) is 0 Å². The van der Waals surface area contributed by atoms with Crippen LogP contribution in [-0.4, -0.2) is 51.2 Å². The van der Waals surface area contributed by atoms with E-state index in [1.807, 2.05) is 36.5 Å². The van der Waals surface area contributed by atoms with Gasteiger partial charge in [-0.05, 0) is 24.6 Å². The number of aliphatic hydroxyl groups excluding tert-OH is 1. The predicted molar refractivity (Wildman–Crippen MR) is 106 cm³/mol. The molecule has 150 valence electrons. The summed E-state index contributed by atoms with van der Waals surface area (Å²) in [5, 5.41) is 20.5. The van der Waals surface area contributed by atoms with Crippen molar-refractivity contribution in [1.82, 2.24) is 20.3 Å². The molecule has 1 unspecified atom stereocenters. The molecular weight excluding hydrogens is 372 g/mol. The van der Waals surface area contributed by atoms with Crippen LogP contribution in [0.1, 0.15) is 22.8 Å². The van der Waals surface area contributed by atoms with Gasteiger partial charge in [-0.15, -0.1) is 5.10 Å². The second-order valence-electron chi connectivity index (χ2n) is 6.58. The molecule has 29 heavy (non-hydrogen) atoms. The van der Waals surface area contributed by atoms with Gasteiger partial charge >= 0.3 is 5.97 Å². The number of hydrogen-bond acceptors (Lipinski definition) is 6. The molecule has 1 heterocycles. The van der Waals surface area contributed by atoms with E-state index in [9.17, 15) is 14.7 Å². The molecule has 2 N–H and O–H groups in total. The van der Waals surface area contributed by atoms with Crippen LogP contribution in [0.5, 0.6) is 0 Å². The van der Waals surface area contributed by atoms with Crippen molar-refractivity contribution < 1.29 is 19.4 Å². The lowest BCUT2D eigenvalue weighted by atomic mass is 10.1. The Morgan fingerprint density at radius 1 is 1.14 bits per heavy atom. The van der Waals surface area contributed by atoms with E-state index in [2.05, 4.69) is 20.4 Å². The summed E-state index contributed by atoms with van der Waals surface area (Å²) in [4.78, 5) is 24.1. The highest BCUT2D eigenvalue weighted by atomic mass is 16.5. The summed E-state index contributed by atoms with van der Waals surface area (Å²) in [6.45, 7) is 2.02. The average molecular weight is 394 g/mol. The fourth-order valence-corrected chi connectivity index (χ4v) is 2.80. The third-order valence-corrected chi connectivity index (χ3v) is 4.39. The first-order valence-corrected chi connectivity index (χ1v) is 9.09. The van der Waals surface area contributed by atoms with Gasteiger partial charge in [0.1, 0.15) is 5.69 Å². The second-order valence-corrected chi connectivity index (χ2v) is 6.58. The average Bonchev–Trinajstić information content (AvgIpc) is 3.20. The summed E-state index contributed by atoms with van der Waals surface area (Å²) in [5.41, 5.74) is 2.96.